The molecule has 4 nitrogen and oxygen atoms in total. The summed E-state index contributed by atoms with van der Waals surface area (Å²) in [5.74, 6) is 1.91. The van der Waals surface area contributed by atoms with E-state index in [-0.39, 0.29) is 24.0 Å². The fourth-order valence-electron chi connectivity index (χ4n) is 3.50. The lowest BCUT2D eigenvalue weighted by molar-refractivity contribution is 0.275. The molecule has 0 amide bonds. The van der Waals surface area contributed by atoms with Crippen LogP contribution in [-0.4, -0.2) is 50.1 Å². The number of halogens is 1. The number of likely N-dealkylation sites (tertiary alicyclic amines) is 1. The second-order valence-electron chi connectivity index (χ2n) is 6.40. The zero-order chi connectivity index (χ0) is 14.9. The van der Waals surface area contributed by atoms with E-state index in [0.29, 0.717) is 6.04 Å². The van der Waals surface area contributed by atoms with Gasteiger partial charge in [0.25, 0.3) is 0 Å². The Labute approximate surface area is 153 Å². The normalized spacial score (nSPS) is 23.9. The number of nitrogens with zero attached hydrogens (tertiary/aromatic N) is 2. The van der Waals surface area contributed by atoms with E-state index in [1.807, 2.05) is 7.05 Å². The average Bonchev–Trinajstić information content (AvgIpc) is 3.15. The molecule has 2 rings (SSSR count). The lowest BCUT2D eigenvalue weighted by Gasteiger charge is -2.21. The van der Waals surface area contributed by atoms with Crippen LogP contribution in [0.2, 0.25) is 0 Å². The molecule has 0 aromatic rings. The summed E-state index contributed by atoms with van der Waals surface area (Å²) < 4.78 is 0. The van der Waals surface area contributed by atoms with Gasteiger partial charge in [-0.3, -0.25) is 4.99 Å². The van der Waals surface area contributed by atoms with Gasteiger partial charge in [-0.25, -0.2) is 0 Å². The van der Waals surface area contributed by atoms with Gasteiger partial charge in [0.05, 0.1) is 0 Å². The maximum absolute atomic E-state index is 4.33. The summed E-state index contributed by atoms with van der Waals surface area (Å²) in [6.07, 6.45) is 12.4. The summed E-state index contributed by atoms with van der Waals surface area (Å²) in [5, 5.41) is 6.96. The van der Waals surface area contributed by atoms with Gasteiger partial charge in [-0.15, -0.1) is 24.0 Å². The van der Waals surface area contributed by atoms with E-state index in [2.05, 4.69) is 39.6 Å². The molecule has 0 bridgehead atoms. The van der Waals surface area contributed by atoms with Gasteiger partial charge in [0.15, 0.2) is 5.96 Å². The molecule has 22 heavy (non-hydrogen) atoms. The van der Waals surface area contributed by atoms with E-state index < -0.39 is 0 Å². The zero-order valence-corrected chi connectivity index (χ0v) is 16.5. The third-order valence-corrected chi connectivity index (χ3v) is 4.67. The largest absolute Gasteiger partial charge is 0.356 e. The second-order valence-corrected chi connectivity index (χ2v) is 6.40. The van der Waals surface area contributed by atoms with Crippen LogP contribution in [0.15, 0.2) is 17.1 Å². The Morgan fingerprint density at radius 1 is 1.27 bits per heavy atom. The molecule has 0 radical (unpaired) electrons. The van der Waals surface area contributed by atoms with Crippen LogP contribution in [0.5, 0.6) is 0 Å². The molecule has 1 saturated carbocycles. The highest BCUT2D eigenvalue weighted by Gasteiger charge is 2.26. The molecule has 1 heterocycles. The van der Waals surface area contributed by atoms with Crippen molar-refractivity contribution < 1.29 is 0 Å². The Kier molecular flexibility index (Phi) is 10.1. The molecule has 1 saturated heterocycles. The van der Waals surface area contributed by atoms with Crippen LogP contribution in [0.4, 0.5) is 0 Å². The van der Waals surface area contributed by atoms with E-state index in [1.165, 1.54) is 51.7 Å². The fourth-order valence-corrected chi connectivity index (χ4v) is 3.50. The molecule has 1 unspecified atom stereocenters. The van der Waals surface area contributed by atoms with Crippen molar-refractivity contribution in [3.05, 3.63) is 12.2 Å². The van der Waals surface area contributed by atoms with E-state index in [0.717, 1.165) is 24.8 Å². The van der Waals surface area contributed by atoms with Crippen LogP contribution in [-0.2, 0) is 0 Å². The minimum absolute atomic E-state index is 0. The summed E-state index contributed by atoms with van der Waals surface area (Å²) in [4.78, 5) is 6.97. The monoisotopic (exact) mass is 420 g/mol. The predicted molar refractivity (Wildman–Crippen MR) is 106 cm³/mol. The minimum Gasteiger partial charge on any atom is -0.356 e. The molecular weight excluding hydrogens is 387 g/mol. The van der Waals surface area contributed by atoms with Gasteiger partial charge >= 0.3 is 0 Å². The maximum atomic E-state index is 4.33. The van der Waals surface area contributed by atoms with Crippen molar-refractivity contribution in [1.82, 2.24) is 15.5 Å². The maximum Gasteiger partial charge on any atom is 0.191 e. The topological polar surface area (TPSA) is 39.7 Å². The van der Waals surface area contributed by atoms with Crippen molar-refractivity contribution in [2.24, 2.45) is 10.9 Å². The average molecular weight is 420 g/mol. The highest BCUT2D eigenvalue weighted by Crippen LogP contribution is 2.26. The molecule has 0 spiro atoms. The van der Waals surface area contributed by atoms with Crippen molar-refractivity contribution in [3.8, 4) is 0 Å². The Morgan fingerprint density at radius 2 is 2.05 bits per heavy atom. The van der Waals surface area contributed by atoms with Crippen LogP contribution >= 0.6 is 24.0 Å². The van der Waals surface area contributed by atoms with Gasteiger partial charge < -0.3 is 15.5 Å². The highest BCUT2D eigenvalue weighted by atomic mass is 127. The van der Waals surface area contributed by atoms with Crippen LogP contribution in [0, 0.1) is 5.92 Å². The molecule has 2 aliphatic rings. The van der Waals surface area contributed by atoms with Crippen molar-refractivity contribution in [2.75, 3.05) is 33.2 Å². The van der Waals surface area contributed by atoms with Gasteiger partial charge in [0, 0.05) is 39.3 Å². The van der Waals surface area contributed by atoms with Gasteiger partial charge in [-0.05, 0) is 38.5 Å². The summed E-state index contributed by atoms with van der Waals surface area (Å²) in [7, 11) is 1.86. The Bertz CT molecular complexity index is 351. The molecule has 128 valence electrons. The van der Waals surface area contributed by atoms with E-state index in [4.69, 9.17) is 0 Å². The summed E-state index contributed by atoms with van der Waals surface area (Å²) in [5.41, 5.74) is 0. The quantitative estimate of drug-likeness (QED) is 0.228. The van der Waals surface area contributed by atoms with Gasteiger partial charge in [-0.1, -0.05) is 25.0 Å². The number of nitrogens with one attached hydrogen (secondary N) is 2. The van der Waals surface area contributed by atoms with E-state index in [1.54, 1.807) is 0 Å². The molecule has 5 heteroatoms. The zero-order valence-electron chi connectivity index (χ0n) is 14.2. The van der Waals surface area contributed by atoms with Crippen LogP contribution < -0.4 is 10.6 Å². The lowest BCUT2D eigenvalue weighted by atomic mass is 10.1. The first-order valence-corrected chi connectivity index (χ1v) is 8.62. The van der Waals surface area contributed by atoms with Crippen LogP contribution in [0.1, 0.15) is 45.4 Å². The lowest BCUT2D eigenvalue weighted by Crippen LogP contribution is -2.45. The molecule has 0 aromatic heterocycles. The standard InChI is InChI=1S/C17H32N4.HI/c1-3-4-7-11-19-17(18-2)20-16-10-12-21(14-16)13-15-8-5-6-9-15;/h3-4,15-16H,5-14H2,1-2H3,(H2,18,19,20);1H. The van der Waals surface area contributed by atoms with Crippen molar-refractivity contribution in [3.63, 3.8) is 0 Å². The van der Waals surface area contributed by atoms with Crippen molar-refractivity contribution >= 4 is 29.9 Å². The Balaban J connectivity index is 0.00000242. The smallest absolute Gasteiger partial charge is 0.191 e. The number of allylic oxidation sites excluding steroid dienone is 1. The van der Waals surface area contributed by atoms with Crippen LogP contribution in [0.25, 0.3) is 0 Å². The minimum atomic E-state index is 0. The molecule has 0 aromatic carbocycles. The third kappa shape index (κ3) is 6.86. The second kappa shape index (κ2) is 11.3. The first-order valence-electron chi connectivity index (χ1n) is 8.62. The van der Waals surface area contributed by atoms with Crippen molar-refractivity contribution in [1.29, 1.82) is 0 Å². The number of guanidine groups is 1. The fraction of sp³-hybridized carbons (Fsp3) is 0.824. The van der Waals surface area contributed by atoms with Gasteiger partial charge in [0.2, 0.25) is 0 Å². The summed E-state index contributed by atoms with van der Waals surface area (Å²) in [6.45, 7) is 6.73. The number of hydrogen-bond acceptors (Lipinski definition) is 2. The Morgan fingerprint density at radius 3 is 2.73 bits per heavy atom. The number of rotatable bonds is 6. The molecule has 2 N–H and O–H groups in total. The molecule has 1 atom stereocenters. The molecule has 1 aliphatic carbocycles. The first-order chi connectivity index (χ1) is 10.3. The van der Waals surface area contributed by atoms with Gasteiger partial charge in [-0.2, -0.15) is 0 Å². The number of hydrogen-bond donors (Lipinski definition) is 2. The third-order valence-electron chi connectivity index (χ3n) is 4.67. The summed E-state index contributed by atoms with van der Waals surface area (Å²) in [6, 6.07) is 0.555. The predicted octanol–water partition coefficient (Wildman–Crippen LogP) is 3.00. The highest BCUT2D eigenvalue weighted by molar-refractivity contribution is 14.0. The van der Waals surface area contributed by atoms with Crippen molar-refractivity contribution in [2.45, 2.75) is 51.5 Å². The van der Waals surface area contributed by atoms with E-state index in [9.17, 15) is 0 Å². The molecular formula is C17H33IN4. The van der Waals surface area contributed by atoms with E-state index >= 15 is 0 Å². The Hall–Kier alpha value is -0.300. The van der Waals surface area contributed by atoms with Gasteiger partial charge in [0.1, 0.15) is 0 Å². The SMILES string of the molecule is CC=CCCNC(=NC)NC1CCN(CC2CCCC2)C1.I. The summed E-state index contributed by atoms with van der Waals surface area (Å²) >= 11 is 0. The molecule has 2 fully saturated rings. The van der Waals surface area contributed by atoms with Crippen LogP contribution in [0.3, 0.4) is 0 Å². The molecule has 1 aliphatic heterocycles. The number of aliphatic imine (C=N–C) groups is 1. The first kappa shape index (κ1) is 19.7.